The van der Waals surface area contributed by atoms with Crippen LogP contribution in [0.1, 0.15) is 34.7 Å². The van der Waals surface area contributed by atoms with Crippen molar-refractivity contribution >= 4 is 0 Å². The number of nitrogens with zero attached hydrogens (tertiary/aromatic N) is 1. The molecule has 0 amide bonds. The summed E-state index contributed by atoms with van der Waals surface area (Å²) in [6.07, 6.45) is 1.10. The Bertz CT molecular complexity index is 423. The van der Waals surface area contributed by atoms with Gasteiger partial charge in [-0.2, -0.15) is 0 Å². The molecule has 0 aromatic heterocycles. The van der Waals surface area contributed by atoms with Crippen LogP contribution in [0, 0.1) is 20.8 Å². The molecular formula is C16H26N2O. The van der Waals surface area contributed by atoms with Gasteiger partial charge in [0.2, 0.25) is 0 Å². The Balaban J connectivity index is 2.27. The van der Waals surface area contributed by atoms with Crippen LogP contribution in [0.25, 0.3) is 0 Å². The molecule has 1 aromatic carbocycles. The molecular weight excluding hydrogens is 236 g/mol. The summed E-state index contributed by atoms with van der Waals surface area (Å²) in [6, 6.07) is 4.91. The lowest BCUT2D eigenvalue weighted by molar-refractivity contribution is 0.132. The summed E-state index contributed by atoms with van der Waals surface area (Å²) < 4.78 is 5.55. The van der Waals surface area contributed by atoms with E-state index in [1.165, 1.54) is 22.3 Å². The van der Waals surface area contributed by atoms with Crippen molar-refractivity contribution in [2.24, 2.45) is 5.73 Å². The number of hydrogen-bond acceptors (Lipinski definition) is 3. The van der Waals surface area contributed by atoms with Gasteiger partial charge in [-0.1, -0.05) is 12.1 Å². The molecule has 2 N–H and O–H groups in total. The van der Waals surface area contributed by atoms with E-state index in [2.05, 4.69) is 37.8 Å². The summed E-state index contributed by atoms with van der Waals surface area (Å²) in [4.78, 5) is 2.48. The molecule has 0 aliphatic carbocycles. The van der Waals surface area contributed by atoms with Crippen LogP contribution in [-0.2, 0) is 4.74 Å². The minimum atomic E-state index is 0.320. The molecule has 0 bridgehead atoms. The predicted molar refractivity (Wildman–Crippen MR) is 79.5 cm³/mol. The third-order valence-electron chi connectivity index (χ3n) is 4.16. The lowest BCUT2D eigenvalue weighted by Crippen LogP contribution is -2.36. The predicted octanol–water partition coefficient (Wildman–Crippen LogP) is 2.33. The summed E-state index contributed by atoms with van der Waals surface area (Å²) in [5.74, 6) is 0. The van der Waals surface area contributed by atoms with Gasteiger partial charge in [-0.05, 0) is 49.4 Å². The van der Waals surface area contributed by atoms with Crippen molar-refractivity contribution in [3.63, 3.8) is 0 Å². The van der Waals surface area contributed by atoms with Crippen molar-refractivity contribution in [1.29, 1.82) is 0 Å². The average Bonchev–Trinajstić information content (AvgIpc) is 2.65. The van der Waals surface area contributed by atoms with Gasteiger partial charge in [0.1, 0.15) is 0 Å². The summed E-state index contributed by atoms with van der Waals surface area (Å²) in [5, 5.41) is 0. The molecule has 1 aromatic rings. The molecule has 0 radical (unpaired) electrons. The van der Waals surface area contributed by atoms with E-state index in [0.717, 1.165) is 32.7 Å². The fraction of sp³-hybridized carbons (Fsp3) is 0.625. The van der Waals surface area contributed by atoms with E-state index in [4.69, 9.17) is 10.5 Å². The standard InChI is InChI=1S/C16H26N2O/c1-12-9-14(3)15(10-13(12)2)16(11-17)18-5-4-7-19-8-6-18/h9-10,16H,4-8,11,17H2,1-3H3. The first kappa shape index (κ1) is 14.5. The van der Waals surface area contributed by atoms with E-state index in [0.29, 0.717) is 12.6 Å². The molecule has 1 heterocycles. The number of aryl methyl sites for hydroxylation is 3. The molecule has 1 fully saturated rings. The second-order valence-corrected chi connectivity index (χ2v) is 5.55. The summed E-state index contributed by atoms with van der Waals surface area (Å²) in [5.41, 5.74) is 11.5. The van der Waals surface area contributed by atoms with Crippen molar-refractivity contribution in [1.82, 2.24) is 4.90 Å². The van der Waals surface area contributed by atoms with Crippen molar-refractivity contribution < 1.29 is 4.74 Å². The lowest BCUT2D eigenvalue weighted by atomic mass is 9.94. The molecule has 1 aliphatic heterocycles. The highest BCUT2D eigenvalue weighted by Gasteiger charge is 2.22. The van der Waals surface area contributed by atoms with Crippen molar-refractivity contribution in [2.75, 3.05) is 32.8 Å². The highest BCUT2D eigenvalue weighted by atomic mass is 16.5. The maximum atomic E-state index is 6.06. The first-order valence-electron chi connectivity index (χ1n) is 7.23. The van der Waals surface area contributed by atoms with Gasteiger partial charge in [0.15, 0.2) is 0 Å². The van der Waals surface area contributed by atoms with Gasteiger partial charge in [-0.15, -0.1) is 0 Å². The van der Waals surface area contributed by atoms with Gasteiger partial charge >= 0.3 is 0 Å². The van der Waals surface area contributed by atoms with Gasteiger partial charge < -0.3 is 10.5 Å². The third-order valence-corrected chi connectivity index (χ3v) is 4.16. The SMILES string of the molecule is Cc1cc(C)c(C(CN)N2CCCOCC2)cc1C. The topological polar surface area (TPSA) is 38.5 Å². The van der Waals surface area contributed by atoms with Crippen LogP contribution in [0.3, 0.4) is 0 Å². The normalized spacial score (nSPS) is 19.2. The van der Waals surface area contributed by atoms with Gasteiger partial charge in [-0.3, -0.25) is 4.90 Å². The van der Waals surface area contributed by atoms with Crippen LogP contribution in [-0.4, -0.2) is 37.7 Å². The Morgan fingerprint density at radius 2 is 1.84 bits per heavy atom. The van der Waals surface area contributed by atoms with Crippen LogP contribution in [0.5, 0.6) is 0 Å². The van der Waals surface area contributed by atoms with Gasteiger partial charge in [-0.25, -0.2) is 0 Å². The third kappa shape index (κ3) is 3.35. The number of benzene rings is 1. The summed E-state index contributed by atoms with van der Waals surface area (Å²) >= 11 is 0. The summed E-state index contributed by atoms with van der Waals surface area (Å²) in [6.45, 7) is 11.0. The maximum Gasteiger partial charge on any atom is 0.0593 e. The largest absolute Gasteiger partial charge is 0.380 e. The quantitative estimate of drug-likeness (QED) is 0.908. The number of nitrogens with two attached hydrogens (primary N) is 1. The maximum absolute atomic E-state index is 6.06. The first-order chi connectivity index (χ1) is 9.13. The highest BCUT2D eigenvalue weighted by Crippen LogP contribution is 2.26. The van der Waals surface area contributed by atoms with Crippen LogP contribution in [0.4, 0.5) is 0 Å². The van der Waals surface area contributed by atoms with E-state index in [1.807, 2.05) is 0 Å². The molecule has 2 rings (SSSR count). The number of rotatable bonds is 3. The van der Waals surface area contributed by atoms with Crippen LogP contribution in [0.15, 0.2) is 12.1 Å². The lowest BCUT2D eigenvalue weighted by Gasteiger charge is -2.31. The Morgan fingerprint density at radius 1 is 1.11 bits per heavy atom. The second kappa shape index (κ2) is 6.51. The molecule has 3 heteroatoms. The Hall–Kier alpha value is -0.900. The zero-order chi connectivity index (χ0) is 13.8. The van der Waals surface area contributed by atoms with Gasteiger partial charge in [0, 0.05) is 32.3 Å². The van der Waals surface area contributed by atoms with Gasteiger partial charge in [0.05, 0.1) is 6.61 Å². The van der Waals surface area contributed by atoms with Crippen LogP contribution < -0.4 is 5.73 Å². The molecule has 1 unspecified atom stereocenters. The minimum absolute atomic E-state index is 0.320. The monoisotopic (exact) mass is 262 g/mol. The first-order valence-corrected chi connectivity index (χ1v) is 7.23. The fourth-order valence-electron chi connectivity index (χ4n) is 2.89. The zero-order valence-electron chi connectivity index (χ0n) is 12.4. The molecule has 1 atom stereocenters. The minimum Gasteiger partial charge on any atom is -0.380 e. The Kier molecular flexibility index (Phi) is 4.97. The zero-order valence-corrected chi connectivity index (χ0v) is 12.4. The molecule has 0 spiro atoms. The molecule has 1 aliphatic rings. The van der Waals surface area contributed by atoms with Gasteiger partial charge in [0.25, 0.3) is 0 Å². The number of hydrogen-bond donors (Lipinski definition) is 1. The van der Waals surface area contributed by atoms with Crippen molar-refractivity contribution in [2.45, 2.75) is 33.2 Å². The highest BCUT2D eigenvalue weighted by molar-refractivity contribution is 5.38. The van der Waals surface area contributed by atoms with Crippen LogP contribution in [0.2, 0.25) is 0 Å². The fourth-order valence-corrected chi connectivity index (χ4v) is 2.89. The summed E-state index contributed by atoms with van der Waals surface area (Å²) in [7, 11) is 0. The van der Waals surface area contributed by atoms with E-state index >= 15 is 0 Å². The van der Waals surface area contributed by atoms with Crippen molar-refractivity contribution in [3.8, 4) is 0 Å². The van der Waals surface area contributed by atoms with E-state index in [9.17, 15) is 0 Å². The Morgan fingerprint density at radius 3 is 2.58 bits per heavy atom. The van der Waals surface area contributed by atoms with E-state index in [1.54, 1.807) is 0 Å². The number of ether oxygens (including phenoxy) is 1. The van der Waals surface area contributed by atoms with E-state index < -0.39 is 0 Å². The Labute approximate surface area is 116 Å². The molecule has 1 saturated heterocycles. The van der Waals surface area contributed by atoms with Crippen molar-refractivity contribution in [3.05, 3.63) is 34.4 Å². The van der Waals surface area contributed by atoms with Crippen LogP contribution >= 0.6 is 0 Å². The average molecular weight is 262 g/mol. The molecule has 3 nitrogen and oxygen atoms in total. The van der Waals surface area contributed by atoms with E-state index in [-0.39, 0.29) is 0 Å². The molecule has 106 valence electrons. The second-order valence-electron chi connectivity index (χ2n) is 5.55. The smallest absolute Gasteiger partial charge is 0.0593 e. The molecule has 19 heavy (non-hydrogen) atoms. The molecule has 0 saturated carbocycles.